The first-order chi connectivity index (χ1) is 15.0. The molecule has 1 aromatic rings. The van der Waals surface area contributed by atoms with E-state index in [1.807, 2.05) is 6.07 Å². The van der Waals surface area contributed by atoms with Crippen LogP contribution in [0, 0.1) is 0 Å². The van der Waals surface area contributed by atoms with Gasteiger partial charge in [0.2, 0.25) is 0 Å². The van der Waals surface area contributed by atoms with Crippen LogP contribution in [0.1, 0.15) is 56.4 Å². The second-order valence-electron chi connectivity index (χ2n) is 8.26. The van der Waals surface area contributed by atoms with Crippen molar-refractivity contribution in [2.75, 3.05) is 27.4 Å². The van der Waals surface area contributed by atoms with Crippen LogP contribution < -0.4 is 4.74 Å². The van der Waals surface area contributed by atoms with E-state index in [0.29, 0.717) is 29.7 Å². The van der Waals surface area contributed by atoms with Crippen LogP contribution in [0.4, 0.5) is 0 Å². The van der Waals surface area contributed by atoms with E-state index in [1.54, 1.807) is 13.2 Å². The Hall–Kier alpha value is -2.12. The van der Waals surface area contributed by atoms with Crippen LogP contribution in [0.2, 0.25) is 0 Å². The molecule has 6 nitrogen and oxygen atoms in total. The smallest absolute Gasteiger partial charge is 0.172 e. The van der Waals surface area contributed by atoms with Gasteiger partial charge in [-0.15, -0.1) is 0 Å². The molecular formula is C24H28BrNO5. The van der Waals surface area contributed by atoms with E-state index < -0.39 is 5.92 Å². The predicted molar refractivity (Wildman–Crippen MR) is 120 cm³/mol. The molecule has 0 spiro atoms. The van der Waals surface area contributed by atoms with E-state index in [2.05, 4.69) is 20.8 Å². The van der Waals surface area contributed by atoms with Gasteiger partial charge in [-0.05, 0) is 65.7 Å². The highest BCUT2D eigenvalue weighted by molar-refractivity contribution is 9.10. The second-order valence-corrected chi connectivity index (χ2v) is 9.11. The van der Waals surface area contributed by atoms with Gasteiger partial charge in [0, 0.05) is 61.6 Å². The quantitative estimate of drug-likeness (QED) is 0.587. The van der Waals surface area contributed by atoms with Crippen molar-refractivity contribution in [3.05, 3.63) is 44.7 Å². The number of methoxy groups -OCH3 is 2. The minimum atomic E-state index is -0.421. The number of phenols is 1. The fraction of sp³-hybridized carbons (Fsp3) is 0.500. The molecule has 0 fully saturated rings. The van der Waals surface area contributed by atoms with Crippen molar-refractivity contribution >= 4 is 27.5 Å². The van der Waals surface area contributed by atoms with Gasteiger partial charge in [-0.2, -0.15) is 0 Å². The first-order valence-corrected chi connectivity index (χ1v) is 11.6. The molecule has 0 atom stereocenters. The predicted octanol–water partition coefficient (Wildman–Crippen LogP) is 4.61. The fourth-order valence-electron chi connectivity index (χ4n) is 5.10. The van der Waals surface area contributed by atoms with E-state index >= 15 is 0 Å². The number of rotatable bonds is 6. The minimum absolute atomic E-state index is 0.0107. The Labute approximate surface area is 191 Å². The monoisotopic (exact) mass is 489 g/mol. The molecule has 1 aliphatic heterocycles. The van der Waals surface area contributed by atoms with Crippen molar-refractivity contribution < 1.29 is 24.2 Å². The number of carbonyl (C=O) groups is 2. The number of nitrogens with zero attached hydrogens (tertiary/aromatic N) is 1. The first-order valence-electron chi connectivity index (χ1n) is 10.8. The Kier molecular flexibility index (Phi) is 6.53. The third-order valence-corrected chi connectivity index (χ3v) is 7.03. The normalized spacial score (nSPS) is 19.6. The van der Waals surface area contributed by atoms with E-state index in [0.717, 1.165) is 66.8 Å². The maximum absolute atomic E-state index is 13.2. The third-order valence-electron chi connectivity index (χ3n) is 6.42. The van der Waals surface area contributed by atoms with Crippen LogP contribution in [0.5, 0.6) is 11.5 Å². The molecule has 31 heavy (non-hydrogen) atoms. The standard InChI is InChI=1S/C24H28BrNO5/c1-30-11-5-10-26-16-6-3-8-18(27)22(16)21(23-17(26)7-4-9-19(23)28)14-12-15(25)24(29)20(13-14)31-2/h12-13,21,29H,3-11H2,1-2H3. The van der Waals surface area contributed by atoms with Gasteiger partial charge in [0.15, 0.2) is 23.1 Å². The van der Waals surface area contributed by atoms with Crippen LogP contribution in [0.25, 0.3) is 0 Å². The van der Waals surface area contributed by atoms with Gasteiger partial charge >= 0.3 is 0 Å². The zero-order valence-corrected chi connectivity index (χ0v) is 19.6. The van der Waals surface area contributed by atoms with Gasteiger partial charge in [-0.1, -0.05) is 0 Å². The summed E-state index contributed by atoms with van der Waals surface area (Å²) in [7, 11) is 3.18. The number of ether oxygens (including phenoxy) is 2. The lowest BCUT2D eigenvalue weighted by molar-refractivity contribution is -0.117. The number of Topliss-reactive ketones (excluding diaryl/α,β-unsaturated/α-hetero) is 2. The minimum Gasteiger partial charge on any atom is -0.503 e. The molecule has 1 aromatic carbocycles. The average Bonchev–Trinajstić information content (AvgIpc) is 2.76. The van der Waals surface area contributed by atoms with Crippen LogP contribution in [-0.2, 0) is 14.3 Å². The van der Waals surface area contributed by atoms with E-state index in [1.165, 1.54) is 7.11 Å². The Bertz CT molecular complexity index is 936. The summed E-state index contributed by atoms with van der Waals surface area (Å²) in [5, 5.41) is 10.3. The van der Waals surface area contributed by atoms with Crippen LogP contribution >= 0.6 is 15.9 Å². The number of carbonyl (C=O) groups excluding carboxylic acids is 2. The molecular weight excluding hydrogens is 462 g/mol. The molecule has 0 bridgehead atoms. The number of allylic oxidation sites excluding steroid dienone is 4. The molecule has 2 aliphatic carbocycles. The molecule has 3 aliphatic rings. The zero-order chi connectivity index (χ0) is 22.1. The molecule has 4 rings (SSSR count). The third kappa shape index (κ3) is 3.94. The number of ketones is 2. The molecule has 0 saturated heterocycles. The summed E-state index contributed by atoms with van der Waals surface area (Å²) in [6, 6.07) is 3.56. The summed E-state index contributed by atoms with van der Waals surface area (Å²) in [6.45, 7) is 1.37. The molecule has 1 N–H and O–H groups in total. The molecule has 166 valence electrons. The second kappa shape index (κ2) is 9.17. The van der Waals surface area contributed by atoms with E-state index in [-0.39, 0.29) is 17.3 Å². The SMILES string of the molecule is COCCCN1C2=C(C(=O)CCC2)C(c2cc(Br)c(O)c(OC)c2)C2=C1CCCC2=O. The number of hydrogen-bond acceptors (Lipinski definition) is 6. The van der Waals surface area contributed by atoms with Crippen molar-refractivity contribution in [2.24, 2.45) is 0 Å². The highest BCUT2D eigenvalue weighted by Crippen LogP contribution is 2.50. The molecule has 0 aromatic heterocycles. The van der Waals surface area contributed by atoms with E-state index in [4.69, 9.17) is 9.47 Å². The highest BCUT2D eigenvalue weighted by atomic mass is 79.9. The molecule has 0 radical (unpaired) electrons. The maximum atomic E-state index is 13.2. The van der Waals surface area contributed by atoms with Crippen LogP contribution in [0.15, 0.2) is 39.1 Å². The van der Waals surface area contributed by atoms with Gasteiger partial charge in [0.25, 0.3) is 0 Å². The fourth-order valence-corrected chi connectivity index (χ4v) is 5.56. The number of hydrogen-bond donors (Lipinski definition) is 1. The summed E-state index contributed by atoms with van der Waals surface area (Å²) in [4.78, 5) is 28.7. The Morgan fingerprint density at radius 1 is 1.03 bits per heavy atom. The van der Waals surface area contributed by atoms with Crippen LogP contribution in [0.3, 0.4) is 0 Å². The van der Waals surface area contributed by atoms with Crippen molar-refractivity contribution in [1.82, 2.24) is 4.90 Å². The zero-order valence-electron chi connectivity index (χ0n) is 18.0. The Morgan fingerprint density at radius 2 is 1.65 bits per heavy atom. The van der Waals surface area contributed by atoms with Crippen molar-refractivity contribution in [1.29, 1.82) is 0 Å². The van der Waals surface area contributed by atoms with Gasteiger partial charge in [-0.25, -0.2) is 0 Å². The van der Waals surface area contributed by atoms with Gasteiger partial charge in [0.05, 0.1) is 11.6 Å². The summed E-state index contributed by atoms with van der Waals surface area (Å²) in [6.07, 6.45) is 5.12. The number of phenolic OH excluding ortho intramolecular Hbond substituents is 1. The topological polar surface area (TPSA) is 76.1 Å². The highest BCUT2D eigenvalue weighted by Gasteiger charge is 2.43. The molecule has 0 saturated carbocycles. The largest absolute Gasteiger partial charge is 0.503 e. The molecule has 0 amide bonds. The number of halogens is 1. The summed E-state index contributed by atoms with van der Waals surface area (Å²) in [5.74, 6) is 0.126. The summed E-state index contributed by atoms with van der Waals surface area (Å²) < 4.78 is 11.1. The van der Waals surface area contributed by atoms with Crippen molar-refractivity contribution in [2.45, 2.75) is 50.9 Å². The number of benzene rings is 1. The molecule has 1 heterocycles. The van der Waals surface area contributed by atoms with Crippen molar-refractivity contribution in [3.8, 4) is 11.5 Å². The van der Waals surface area contributed by atoms with Crippen LogP contribution in [-0.4, -0.2) is 48.9 Å². The van der Waals surface area contributed by atoms with Crippen molar-refractivity contribution in [3.63, 3.8) is 0 Å². The summed E-state index contributed by atoms with van der Waals surface area (Å²) >= 11 is 3.41. The van der Waals surface area contributed by atoms with E-state index in [9.17, 15) is 14.7 Å². The summed E-state index contributed by atoms with van der Waals surface area (Å²) in [5.41, 5.74) is 4.36. The molecule has 7 heteroatoms. The lowest BCUT2D eigenvalue weighted by atomic mass is 9.71. The average molecular weight is 490 g/mol. The number of aromatic hydroxyl groups is 1. The maximum Gasteiger partial charge on any atom is 0.172 e. The lowest BCUT2D eigenvalue weighted by Crippen LogP contribution is -2.39. The lowest BCUT2D eigenvalue weighted by Gasteiger charge is -2.44. The Morgan fingerprint density at radius 3 is 2.19 bits per heavy atom. The Balaban J connectivity index is 1.91. The molecule has 0 unspecified atom stereocenters. The van der Waals surface area contributed by atoms with Gasteiger partial charge < -0.3 is 19.5 Å². The first kappa shape index (κ1) is 22.1. The van der Waals surface area contributed by atoms with Gasteiger partial charge in [-0.3, -0.25) is 9.59 Å². The van der Waals surface area contributed by atoms with Gasteiger partial charge in [0.1, 0.15) is 0 Å².